The van der Waals surface area contributed by atoms with E-state index in [2.05, 4.69) is 15.4 Å². The predicted octanol–water partition coefficient (Wildman–Crippen LogP) is 2.07. The van der Waals surface area contributed by atoms with Gasteiger partial charge in [0.25, 0.3) is 5.91 Å². The minimum atomic E-state index is -3.60. The highest BCUT2D eigenvalue weighted by molar-refractivity contribution is 7.92. The molecule has 1 heterocycles. The van der Waals surface area contributed by atoms with Gasteiger partial charge in [0.2, 0.25) is 21.8 Å². The number of benzene rings is 2. The number of nitrogens with one attached hydrogen (secondary N) is 3. The molecule has 31 heavy (non-hydrogen) atoms. The maximum Gasteiger partial charge on any atom is 0.253 e. The number of hydrogen-bond donors (Lipinski definition) is 3. The van der Waals surface area contributed by atoms with Crippen molar-refractivity contribution in [2.24, 2.45) is 0 Å². The molecule has 1 aliphatic heterocycles. The molecule has 3 rings (SSSR count). The number of carbonyl (C=O) groups excluding carboxylic acids is 3. The van der Waals surface area contributed by atoms with Crippen LogP contribution < -0.4 is 20.3 Å². The molecule has 3 N–H and O–H groups in total. The molecule has 2 aromatic rings. The molecular weight excluding hydrogens is 420 g/mol. The van der Waals surface area contributed by atoms with Crippen molar-refractivity contribution in [3.05, 3.63) is 53.6 Å². The van der Waals surface area contributed by atoms with Gasteiger partial charge >= 0.3 is 0 Å². The number of nitrogens with zero attached hydrogens (tertiary/aromatic N) is 1. The summed E-state index contributed by atoms with van der Waals surface area (Å²) in [6.45, 7) is 2.24. The monoisotopic (exact) mass is 444 g/mol. The van der Waals surface area contributed by atoms with Crippen LogP contribution in [0.3, 0.4) is 0 Å². The van der Waals surface area contributed by atoms with Gasteiger partial charge < -0.3 is 15.5 Å². The first kappa shape index (κ1) is 22.3. The summed E-state index contributed by atoms with van der Waals surface area (Å²) in [5.74, 6) is -0.713. The second kappa shape index (κ2) is 9.17. The van der Waals surface area contributed by atoms with Crippen molar-refractivity contribution in [2.75, 3.05) is 27.7 Å². The standard InChI is InChI=1S/C21H24N4O5S/c1-14(26)23-16-7-10-19(24-31(2,29)30)18(12-16)21(28)22-13-15-5-8-17(9-6-15)25-11-3-4-20(25)27/h5-10,12,24H,3-4,11,13H2,1-2H3,(H,22,28)(H,23,26). The van der Waals surface area contributed by atoms with Crippen LogP contribution in [0.25, 0.3) is 0 Å². The smallest absolute Gasteiger partial charge is 0.253 e. The predicted molar refractivity (Wildman–Crippen MR) is 118 cm³/mol. The Labute approximate surface area is 180 Å². The number of anilines is 3. The Bertz CT molecular complexity index is 1110. The van der Waals surface area contributed by atoms with Gasteiger partial charge in [-0.25, -0.2) is 8.42 Å². The minimum Gasteiger partial charge on any atom is -0.348 e. The van der Waals surface area contributed by atoms with E-state index in [0.29, 0.717) is 18.7 Å². The van der Waals surface area contributed by atoms with Crippen molar-refractivity contribution in [3.63, 3.8) is 0 Å². The van der Waals surface area contributed by atoms with Crippen molar-refractivity contribution in [1.29, 1.82) is 0 Å². The van der Waals surface area contributed by atoms with Crippen LogP contribution in [0, 0.1) is 0 Å². The van der Waals surface area contributed by atoms with Crippen LogP contribution in [0.4, 0.5) is 17.1 Å². The minimum absolute atomic E-state index is 0.0796. The lowest BCUT2D eigenvalue weighted by molar-refractivity contribution is -0.117. The second-order valence-corrected chi connectivity index (χ2v) is 9.06. The summed E-state index contributed by atoms with van der Waals surface area (Å²) in [5.41, 5.74) is 2.20. The highest BCUT2D eigenvalue weighted by atomic mass is 32.2. The molecule has 1 aliphatic rings. The van der Waals surface area contributed by atoms with Gasteiger partial charge in [-0.3, -0.25) is 19.1 Å². The highest BCUT2D eigenvalue weighted by Gasteiger charge is 2.21. The van der Waals surface area contributed by atoms with Crippen molar-refractivity contribution in [2.45, 2.75) is 26.3 Å². The quantitative estimate of drug-likeness (QED) is 0.603. The van der Waals surface area contributed by atoms with Gasteiger partial charge in [0, 0.05) is 37.8 Å². The third kappa shape index (κ3) is 6.05. The molecule has 2 aromatic carbocycles. The van der Waals surface area contributed by atoms with Gasteiger partial charge in [-0.2, -0.15) is 0 Å². The molecule has 0 atom stereocenters. The maximum absolute atomic E-state index is 12.8. The number of rotatable bonds is 7. The van der Waals surface area contributed by atoms with E-state index in [9.17, 15) is 22.8 Å². The molecule has 164 valence electrons. The van der Waals surface area contributed by atoms with Crippen molar-refractivity contribution < 1.29 is 22.8 Å². The largest absolute Gasteiger partial charge is 0.348 e. The summed E-state index contributed by atoms with van der Waals surface area (Å²) in [4.78, 5) is 37.7. The van der Waals surface area contributed by atoms with Gasteiger partial charge in [0.05, 0.1) is 17.5 Å². The lowest BCUT2D eigenvalue weighted by Crippen LogP contribution is -2.25. The van der Waals surface area contributed by atoms with E-state index in [0.717, 1.165) is 23.9 Å². The fourth-order valence-corrected chi connectivity index (χ4v) is 3.87. The first-order chi connectivity index (χ1) is 14.6. The SMILES string of the molecule is CC(=O)Nc1ccc(NS(C)(=O)=O)c(C(=O)NCc2ccc(N3CCCC3=O)cc2)c1. The summed E-state index contributed by atoms with van der Waals surface area (Å²) in [5, 5.41) is 5.32. The molecule has 1 fully saturated rings. The van der Waals surface area contributed by atoms with E-state index >= 15 is 0 Å². The van der Waals surface area contributed by atoms with Crippen LogP contribution in [-0.4, -0.2) is 38.9 Å². The fourth-order valence-electron chi connectivity index (χ4n) is 3.29. The first-order valence-corrected chi connectivity index (χ1v) is 11.6. The number of sulfonamides is 1. The summed E-state index contributed by atoms with van der Waals surface area (Å²) in [6.07, 6.45) is 2.39. The molecule has 0 spiro atoms. The molecule has 0 unspecified atom stereocenters. The van der Waals surface area contributed by atoms with Crippen molar-refractivity contribution >= 4 is 44.8 Å². The molecule has 1 saturated heterocycles. The summed E-state index contributed by atoms with van der Waals surface area (Å²) >= 11 is 0. The third-order valence-electron chi connectivity index (χ3n) is 4.65. The van der Waals surface area contributed by atoms with Crippen LogP contribution in [0.2, 0.25) is 0 Å². The Morgan fingerprint density at radius 3 is 2.39 bits per heavy atom. The Kier molecular flexibility index (Phi) is 6.59. The Morgan fingerprint density at radius 2 is 1.81 bits per heavy atom. The van der Waals surface area contributed by atoms with Crippen LogP contribution >= 0.6 is 0 Å². The molecule has 9 nitrogen and oxygen atoms in total. The van der Waals surface area contributed by atoms with E-state index in [1.165, 1.54) is 25.1 Å². The lowest BCUT2D eigenvalue weighted by Gasteiger charge is -2.16. The fraction of sp³-hybridized carbons (Fsp3) is 0.286. The Morgan fingerprint density at radius 1 is 1.10 bits per heavy atom. The van der Waals surface area contributed by atoms with Crippen LogP contribution in [-0.2, 0) is 26.2 Å². The molecule has 0 radical (unpaired) electrons. The van der Waals surface area contributed by atoms with E-state index in [-0.39, 0.29) is 29.6 Å². The Hall–Kier alpha value is -3.40. The lowest BCUT2D eigenvalue weighted by atomic mass is 10.1. The first-order valence-electron chi connectivity index (χ1n) is 9.69. The van der Waals surface area contributed by atoms with E-state index in [4.69, 9.17) is 0 Å². The summed E-state index contributed by atoms with van der Waals surface area (Å²) in [7, 11) is -3.60. The molecule has 0 saturated carbocycles. The number of amides is 3. The summed E-state index contributed by atoms with van der Waals surface area (Å²) in [6, 6.07) is 11.6. The Balaban J connectivity index is 1.74. The number of hydrogen-bond acceptors (Lipinski definition) is 5. The van der Waals surface area contributed by atoms with Crippen LogP contribution in [0.1, 0.15) is 35.7 Å². The third-order valence-corrected chi connectivity index (χ3v) is 5.25. The van der Waals surface area contributed by atoms with Gasteiger partial charge in [0.1, 0.15) is 0 Å². The molecule has 0 aliphatic carbocycles. The maximum atomic E-state index is 12.8. The molecule has 0 aromatic heterocycles. The zero-order chi connectivity index (χ0) is 22.6. The van der Waals surface area contributed by atoms with E-state index < -0.39 is 15.9 Å². The molecular formula is C21H24N4O5S. The second-order valence-electron chi connectivity index (χ2n) is 7.31. The zero-order valence-electron chi connectivity index (χ0n) is 17.3. The van der Waals surface area contributed by atoms with E-state index in [1.807, 2.05) is 24.3 Å². The van der Waals surface area contributed by atoms with Gasteiger partial charge in [0.15, 0.2) is 0 Å². The van der Waals surface area contributed by atoms with Crippen molar-refractivity contribution in [3.8, 4) is 0 Å². The van der Waals surface area contributed by atoms with Gasteiger partial charge in [-0.1, -0.05) is 12.1 Å². The van der Waals surface area contributed by atoms with Gasteiger partial charge in [-0.15, -0.1) is 0 Å². The average molecular weight is 445 g/mol. The molecule has 3 amide bonds. The highest BCUT2D eigenvalue weighted by Crippen LogP contribution is 2.23. The van der Waals surface area contributed by atoms with Crippen LogP contribution in [0.5, 0.6) is 0 Å². The number of carbonyl (C=O) groups is 3. The average Bonchev–Trinajstić information content (AvgIpc) is 3.12. The van der Waals surface area contributed by atoms with E-state index in [1.54, 1.807) is 4.90 Å². The summed E-state index contributed by atoms with van der Waals surface area (Å²) < 4.78 is 25.6. The normalized spacial score (nSPS) is 13.7. The van der Waals surface area contributed by atoms with Crippen molar-refractivity contribution in [1.82, 2.24) is 5.32 Å². The van der Waals surface area contributed by atoms with Crippen LogP contribution in [0.15, 0.2) is 42.5 Å². The topological polar surface area (TPSA) is 125 Å². The molecule has 0 bridgehead atoms. The molecule has 10 heteroatoms. The zero-order valence-corrected chi connectivity index (χ0v) is 18.1. The van der Waals surface area contributed by atoms with Gasteiger partial charge in [-0.05, 0) is 42.3 Å².